The Morgan fingerprint density at radius 3 is 2.51 bits per heavy atom. The highest BCUT2D eigenvalue weighted by atomic mass is 35.5. The van der Waals surface area contributed by atoms with E-state index >= 15 is 0 Å². The van der Waals surface area contributed by atoms with Crippen LogP contribution >= 0.6 is 11.6 Å². The Labute approximate surface area is 217 Å². The molecule has 0 radical (unpaired) electrons. The van der Waals surface area contributed by atoms with E-state index in [0.29, 0.717) is 19.5 Å². The van der Waals surface area contributed by atoms with E-state index in [1.807, 2.05) is 0 Å². The highest BCUT2D eigenvalue weighted by Crippen LogP contribution is 2.33. The molecule has 2 aromatic carbocycles. The number of alkyl halides is 2. The lowest BCUT2D eigenvalue weighted by Crippen LogP contribution is -2.53. The molecule has 4 rings (SSSR count). The van der Waals surface area contributed by atoms with Crippen LogP contribution in [0.25, 0.3) is 0 Å². The lowest BCUT2D eigenvalue weighted by molar-refractivity contribution is -0.127. The van der Waals surface area contributed by atoms with E-state index < -0.39 is 58.8 Å². The Balaban J connectivity index is 1.73. The number of hydrogen-bond acceptors (Lipinski definition) is 4. The highest BCUT2D eigenvalue weighted by molar-refractivity contribution is 7.87. The molecule has 8 nitrogen and oxygen atoms in total. The molecule has 0 spiro atoms. The fourth-order valence-corrected chi connectivity index (χ4v) is 5.57. The summed E-state index contributed by atoms with van der Waals surface area (Å²) < 4.78 is 70.7. The molecule has 2 fully saturated rings. The summed E-state index contributed by atoms with van der Waals surface area (Å²) in [6.07, 6.45) is -3.11. The van der Waals surface area contributed by atoms with E-state index in [4.69, 9.17) is 11.6 Å². The second-order valence-electron chi connectivity index (χ2n) is 8.90. The first kappa shape index (κ1) is 27.4. The van der Waals surface area contributed by atoms with Gasteiger partial charge in [0.15, 0.2) is 6.17 Å². The van der Waals surface area contributed by atoms with Gasteiger partial charge in [0.25, 0.3) is 10.2 Å². The molecule has 2 aliphatic rings. The molecule has 2 amide bonds. The van der Waals surface area contributed by atoms with Crippen molar-refractivity contribution in [1.29, 1.82) is 0 Å². The van der Waals surface area contributed by atoms with E-state index in [1.54, 1.807) is 12.1 Å². The van der Waals surface area contributed by atoms with Crippen LogP contribution < -0.4 is 14.9 Å². The smallest absolute Gasteiger partial charge is 0.280 e. The number of carbonyl (C=O) groups excluding carboxylic acids is 2. The Hall–Kier alpha value is -2.67. The Kier molecular flexibility index (Phi) is 8.42. The molecular weight excluding hydrogens is 533 g/mol. The van der Waals surface area contributed by atoms with Crippen molar-refractivity contribution in [2.24, 2.45) is 0 Å². The molecule has 1 saturated carbocycles. The highest BCUT2D eigenvalue weighted by Gasteiger charge is 2.40. The maximum absolute atomic E-state index is 14.6. The normalized spacial score (nSPS) is 22.8. The van der Waals surface area contributed by atoms with E-state index in [1.165, 1.54) is 24.3 Å². The summed E-state index contributed by atoms with van der Waals surface area (Å²) in [6, 6.07) is 8.25. The van der Waals surface area contributed by atoms with Crippen LogP contribution in [-0.4, -0.2) is 62.6 Å². The first-order valence-electron chi connectivity index (χ1n) is 11.7. The number of hydrogen-bond donors (Lipinski definition) is 2. The third-order valence-electron chi connectivity index (χ3n) is 6.27. The first-order chi connectivity index (χ1) is 17.6. The molecule has 0 aromatic heterocycles. The summed E-state index contributed by atoms with van der Waals surface area (Å²) in [5.74, 6) is -2.48. The van der Waals surface area contributed by atoms with Crippen molar-refractivity contribution in [2.45, 2.75) is 43.7 Å². The molecule has 4 atom stereocenters. The molecular formula is C24H26ClF3N4O4S. The van der Waals surface area contributed by atoms with E-state index in [-0.39, 0.29) is 29.1 Å². The maximum Gasteiger partial charge on any atom is 0.280 e. The molecule has 13 heteroatoms. The van der Waals surface area contributed by atoms with Crippen LogP contribution in [0.2, 0.25) is 5.02 Å². The zero-order valence-corrected chi connectivity index (χ0v) is 21.2. The van der Waals surface area contributed by atoms with Crippen LogP contribution in [0.4, 0.5) is 18.9 Å². The molecule has 37 heavy (non-hydrogen) atoms. The molecule has 1 aliphatic carbocycles. The number of nitrogens with one attached hydrogen (secondary N) is 2. The molecule has 0 bridgehead atoms. The fourth-order valence-electron chi connectivity index (χ4n) is 4.28. The minimum atomic E-state index is -3.92. The number of nitrogens with zero attached hydrogens (tertiary/aromatic N) is 2. The second kappa shape index (κ2) is 11.4. The second-order valence-corrected chi connectivity index (χ2v) is 11.1. The van der Waals surface area contributed by atoms with Crippen LogP contribution in [0.5, 0.6) is 0 Å². The van der Waals surface area contributed by atoms with Crippen molar-refractivity contribution in [3.63, 3.8) is 0 Å². The van der Waals surface area contributed by atoms with E-state index in [2.05, 4.69) is 10.0 Å². The topological polar surface area (TPSA) is 98.6 Å². The van der Waals surface area contributed by atoms with Crippen molar-refractivity contribution in [1.82, 2.24) is 14.3 Å². The van der Waals surface area contributed by atoms with Crippen LogP contribution in [0.15, 0.2) is 48.5 Å². The summed E-state index contributed by atoms with van der Waals surface area (Å²) in [7, 11) is -3.92. The lowest BCUT2D eigenvalue weighted by atomic mass is 9.91. The van der Waals surface area contributed by atoms with Gasteiger partial charge in [0.05, 0.1) is 12.6 Å². The van der Waals surface area contributed by atoms with E-state index in [9.17, 15) is 31.2 Å². The fraction of sp³-hybridized carbons (Fsp3) is 0.417. The number of carbonyl (C=O) groups is 2. The third kappa shape index (κ3) is 6.43. The van der Waals surface area contributed by atoms with Crippen LogP contribution in [0, 0.1) is 5.82 Å². The van der Waals surface area contributed by atoms with Crippen molar-refractivity contribution in [3.8, 4) is 0 Å². The molecule has 1 saturated heterocycles. The summed E-state index contributed by atoms with van der Waals surface area (Å²) in [5, 5.41) is 2.59. The molecule has 4 unspecified atom stereocenters. The van der Waals surface area contributed by atoms with Gasteiger partial charge in [-0.15, -0.1) is 0 Å². The average Bonchev–Trinajstić information content (AvgIpc) is 3.71. The van der Waals surface area contributed by atoms with Gasteiger partial charge in [0.1, 0.15) is 18.0 Å². The van der Waals surface area contributed by atoms with Crippen LogP contribution in [0.1, 0.15) is 30.9 Å². The summed E-state index contributed by atoms with van der Waals surface area (Å²) in [4.78, 5) is 28.0. The van der Waals surface area contributed by atoms with Crippen molar-refractivity contribution in [2.75, 3.05) is 24.5 Å². The largest absolute Gasteiger partial charge is 0.348 e. The predicted octanol–water partition coefficient (Wildman–Crippen LogP) is 3.05. The predicted molar refractivity (Wildman–Crippen MR) is 132 cm³/mol. The SMILES string of the molecule is O=C(NC1CCCC(F)C1F)C(c1ccccc1Cl)N(C(=O)CNS(=O)(=O)N1CC1)c1cccc(F)c1. The standard InChI is InChI=1S/C24H26ClF3N4O4S/c25-18-8-2-1-7-17(18)23(24(34)30-20-10-4-9-19(27)22(20)28)32(16-6-3-5-15(26)13-16)21(33)14-29-37(35,36)31-11-12-31/h1-3,5-8,13,19-20,22-23,29H,4,9-12,14H2,(H,30,34). The lowest BCUT2D eigenvalue weighted by Gasteiger charge is -2.35. The maximum atomic E-state index is 14.6. The van der Waals surface area contributed by atoms with Crippen molar-refractivity contribution in [3.05, 3.63) is 64.9 Å². The molecule has 200 valence electrons. The van der Waals surface area contributed by atoms with Gasteiger partial charge in [0.2, 0.25) is 11.8 Å². The molecule has 2 N–H and O–H groups in total. The Bertz CT molecular complexity index is 1260. The summed E-state index contributed by atoms with van der Waals surface area (Å²) >= 11 is 6.38. The zero-order chi connectivity index (χ0) is 26.7. The van der Waals surface area contributed by atoms with Crippen molar-refractivity contribution >= 4 is 39.3 Å². The number of benzene rings is 2. The minimum Gasteiger partial charge on any atom is -0.348 e. The zero-order valence-electron chi connectivity index (χ0n) is 19.6. The van der Waals surface area contributed by atoms with Gasteiger partial charge in [-0.3, -0.25) is 14.5 Å². The van der Waals surface area contributed by atoms with Gasteiger partial charge in [0, 0.05) is 29.4 Å². The van der Waals surface area contributed by atoms with Crippen molar-refractivity contribution < 1.29 is 31.2 Å². The number of rotatable bonds is 9. The van der Waals surface area contributed by atoms with Gasteiger partial charge in [-0.05, 0) is 43.5 Å². The number of halogens is 4. The molecule has 1 heterocycles. The third-order valence-corrected chi connectivity index (χ3v) is 8.16. The monoisotopic (exact) mass is 558 g/mol. The average molecular weight is 559 g/mol. The number of amides is 2. The minimum absolute atomic E-state index is 0.0343. The molecule has 1 aliphatic heterocycles. The van der Waals surface area contributed by atoms with Crippen LogP contribution in [-0.2, 0) is 19.8 Å². The van der Waals surface area contributed by atoms with Crippen LogP contribution in [0.3, 0.4) is 0 Å². The van der Waals surface area contributed by atoms with Gasteiger partial charge in [-0.1, -0.05) is 35.9 Å². The van der Waals surface area contributed by atoms with Gasteiger partial charge < -0.3 is 5.32 Å². The first-order valence-corrected chi connectivity index (χ1v) is 13.6. The quantitative estimate of drug-likeness (QED) is 0.462. The number of anilines is 1. The van der Waals surface area contributed by atoms with E-state index in [0.717, 1.165) is 21.3 Å². The van der Waals surface area contributed by atoms with Gasteiger partial charge in [-0.25, -0.2) is 13.2 Å². The summed E-state index contributed by atoms with van der Waals surface area (Å²) in [6.45, 7) is -0.127. The van der Waals surface area contributed by atoms with Gasteiger partial charge in [-0.2, -0.15) is 17.4 Å². The molecule has 2 aromatic rings. The van der Waals surface area contributed by atoms with Gasteiger partial charge >= 0.3 is 0 Å². The Morgan fingerprint density at radius 2 is 1.84 bits per heavy atom. The Morgan fingerprint density at radius 1 is 1.11 bits per heavy atom. The summed E-state index contributed by atoms with van der Waals surface area (Å²) in [5.41, 5.74) is 0.0795.